The van der Waals surface area contributed by atoms with Crippen molar-refractivity contribution in [2.24, 2.45) is 0 Å². The summed E-state index contributed by atoms with van der Waals surface area (Å²) < 4.78 is 22.1. The molecule has 0 spiro atoms. The second kappa shape index (κ2) is 16.5. The Hall–Kier alpha value is -3.48. The molecule has 3 rings (SSSR count). The van der Waals surface area contributed by atoms with E-state index in [0.717, 1.165) is 24.1 Å². The molecule has 2 aromatic carbocycles. The number of aryl methyl sites for hydroxylation is 1. The topological polar surface area (TPSA) is 82.8 Å². The van der Waals surface area contributed by atoms with Gasteiger partial charge in [-0.2, -0.15) is 0 Å². The highest BCUT2D eigenvalue weighted by molar-refractivity contribution is 6.00. The van der Waals surface area contributed by atoms with Crippen molar-refractivity contribution >= 4 is 11.6 Å². The fraction of sp³-hybridized carbons (Fsp3) is 0.500. The second-order valence-electron chi connectivity index (χ2n) is 9.89. The molecule has 1 aromatic heterocycles. The highest BCUT2D eigenvalue weighted by atomic mass is 16.5. The molecule has 1 N–H and O–H groups in total. The molecule has 0 saturated heterocycles. The summed E-state index contributed by atoms with van der Waals surface area (Å²) in [5, 5.41) is 7.29. The van der Waals surface area contributed by atoms with Crippen LogP contribution in [0.5, 0.6) is 17.2 Å². The van der Waals surface area contributed by atoms with Crippen LogP contribution >= 0.6 is 0 Å². The number of benzene rings is 2. The number of nitrogens with zero attached hydrogens (tertiary/aromatic N) is 1. The van der Waals surface area contributed by atoms with E-state index in [1.807, 2.05) is 36.4 Å². The number of hydrogen-bond acceptors (Lipinski definition) is 6. The number of hydrogen-bond donors (Lipinski definition) is 1. The van der Waals surface area contributed by atoms with Crippen molar-refractivity contribution < 1.29 is 23.5 Å². The first-order valence-corrected chi connectivity index (χ1v) is 14.2. The van der Waals surface area contributed by atoms with Gasteiger partial charge in [-0.05, 0) is 18.4 Å². The quantitative estimate of drug-likeness (QED) is 0.166. The van der Waals surface area contributed by atoms with E-state index in [1.165, 1.54) is 72.0 Å². The van der Waals surface area contributed by atoms with Crippen LogP contribution < -0.4 is 19.5 Å². The van der Waals surface area contributed by atoms with Gasteiger partial charge in [0.1, 0.15) is 28.9 Å². The largest absolute Gasteiger partial charge is 0.496 e. The molecular weight excluding hydrogens is 492 g/mol. The number of ether oxygens (including phenoxy) is 3. The Morgan fingerprint density at radius 2 is 1.41 bits per heavy atom. The van der Waals surface area contributed by atoms with E-state index in [9.17, 15) is 4.79 Å². The molecule has 1 atom stereocenters. The van der Waals surface area contributed by atoms with Gasteiger partial charge >= 0.3 is 0 Å². The third-order valence-electron chi connectivity index (χ3n) is 7.01. The Morgan fingerprint density at radius 1 is 0.821 bits per heavy atom. The Bertz CT molecular complexity index is 1100. The number of rotatable bonds is 18. The van der Waals surface area contributed by atoms with E-state index < -0.39 is 5.92 Å². The molecule has 39 heavy (non-hydrogen) atoms. The van der Waals surface area contributed by atoms with Crippen molar-refractivity contribution in [2.45, 2.75) is 83.5 Å². The van der Waals surface area contributed by atoms with Gasteiger partial charge in [-0.1, -0.05) is 100 Å². The molecule has 1 heterocycles. The number of unbranched alkanes of at least 4 members (excludes halogenated alkanes) is 9. The Balaban J connectivity index is 1.65. The number of anilines is 1. The third kappa shape index (κ3) is 9.05. The summed E-state index contributed by atoms with van der Waals surface area (Å²) in [7, 11) is 4.64. The number of methoxy groups -OCH3 is 3. The summed E-state index contributed by atoms with van der Waals surface area (Å²) in [4.78, 5) is 13.7. The summed E-state index contributed by atoms with van der Waals surface area (Å²) >= 11 is 0. The van der Waals surface area contributed by atoms with Gasteiger partial charge < -0.3 is 24.1 Å². The summed E-state index contributed by atoms with van der Waals surface area (Å²) in [6.07, 6.45) is 13.7. The van der Waals surface area contributed by atoms with Crippen LogP contribution in [-0.4, -0.2) is 32.4 Å². The number of aromatic nitrogens is 1. The molecule has 3 aromatic rings. The molecular formula is C32H44N2O5. The lowest BCUT2D eigenvalue weighted by Gasteiger charge is -2.19. The summed E-state index contributed by atoms with van der Waals surface area (Å²) in [5.41, 5.74) is 2.11. The molecule has 0 radical (unpaired) electrons. The maximum Gasteiger partial charge on any atom is 0.239 e. The van der Waals surface area contributed by atoms with E-state index in [2.05, 4.69) is 17.4 Å². The average Bonchev–Trinajstić information content (AvgIpc) is 3.42. The van der Waals surface area contributed by atoms with Gasteiger partial charge in [-0.3, -0.25) is 4.79 Å². The van der Waals surface area contributed by atoms with Crippen LogP contribution in [0.4, 0.5) is 5.69 Å². The predicted molar refractivity (Wildman–Crippen MR) is 155 cm³/mol. The molecule has 0 bridgehead atoms. The van der Waals surface area contributed by atoms with E-state index in [1.54, 1.807) is 19.2 Å². The maximum atomic E-state index is 13.7. The highest BCUT2D eigenvalue weighted by Gasteiger charge is 2.29. The normalized spacial score (nSPS) is 11.7. The minimum atomic E-state index is -0.684. The summed E-state index contributed by atoms with van der Waals surface area (Å²) in [6.45, 7) is 2.26. The van der Waals surface area contributed by atoms with Crippen LogP contribution in [0.2, 0.25) is 0 Å². The lowest BCUT2D eigenvalue weighted by atomic mass is 9.94. The molecule has 0 saturated carbocycles. The molecule has 0 aliphatic rings. The van der Waals surface area contributed by atoms with Crippen molar-refractivity contribution in [3.63, 3.8) is 0 Å². The van der Waals surface area contributed by atoms with Crippen molar-refractivity contribution in [2.75, 3.05) is 26.6 Å². The zero-order valence-electron chi connectivity index (χ0n) is 24.0. The molecule has 0 aliphatic heterocycles. The Morgan fingerprint density at radius 3 is 1.97 bits per heavy atom. The maximum absolute atomic E-state index is 13.7. The first-order valence-electron chi connectivity index (χ1n) is 14.2. The minimum Gasteiger partial charge on any atom is -0.496 e. The zero-order valence-corrected chi connectivity index (χ0v) is 24.0. The monoisotopic (exact) mass is 536 g/mol. The molecule has 0 aliphatic carbocycles. The predicted octanol–water partition coefficient (Wildman–Crippen LogP) is 7.93. The first-order chi connectivity index (χ1) is 19.1. The lowest BCUT2D eigenvalue weighted by Crippen LogP contribution is -2.22. The fourth-order valence-electron chi connectivity index (χ4n) is 4.79. The van der Waals surface area contributed by atoms with Gasteiger partial charge in [0.2, 0.25) is 5.91 Å². The van der Waals surface area contributed by atoms with Crippen LogP contribution in [0, 0.1) is 0 Å². The number of nitrogens with one attached hydrogen (secondary N) is 1. The molecule has 1 unspecified atom stereocenters. The summed E-state index contributed by atoms with van der Waals surface area (Å²) in [5.74, 6) is 0.984. The van der Waals surface area contributed by atoms with Crippen LogP contribution in [0.3, 0.4) is 0 Å². The molecule has 7 heteroatoms. The number of amides is 1. The van der Waals surface area contributed by atoms with Gasteiger partial charge in [0.05, 0.1) is 27.0 Å². The summed E-state index contributed by atoms with van der Waals surface area (Å²) in [6, 6.07) is 14.9. The van der Waals surface area contributed by atoms with Crippen LogP contribution in [0.25, 0.3) is 0 Å². The van der Waals surface area contributed by atoms with Gasteiger partial charge in [0, 0.05) is 18.2 Å². The molecule has 212 valence electrons. The van der Waals surface area contributed by atoms with Crippen LogP contribution in [0.15, 0.2) is 53.1 Å². The smallest absolute Gasteiger partial charge is 0.239 e. The first kappa shape index (κ1) is 30.1. The van der Waals surface area contributed by atoms with Crippen molar-refractivity contribution in [1.82, 2.24) is 5.16 Å². The van der Waals surface area contributed by atoms with Crippen LogP contribution in [-0.2, 0) is 11.2 Å². The van der Waals surface area contributed by atoms with Crippen molar-refractivity contribution in [3.8, 4) is 17.2 Å². The van der Waals surface area contributed by atoms with E-state index in [4.69, 9.17) is 18.7 Å². The van der Waals surface area contributed by atoms with E-state index in [-0.39, 0.29) is 5.91 Å². The number of carbonyl (C=O) groups excluding carboxylic acids is 1. The highest BCUT2D eigenvalue weighted by Crippen LogP contribution is 2.40. The average molecular weight is 537 g/mol. The minimum absolute atomic E-state index is 0.274. The SMILES string of the molecule is CCCCCCCCCCCCc1cc(C(C(=O)Nc2c(OC)cc(OC)cc2OC)c2ccccc2)on1. The van der Waals surface area contributed by atoms with Crippen LogP contribution in [0.1, 0.15) is 94.1 Å². The fourth-order valence-corrected chi connectivity index (χ4v) is 4.79. The van der Waals surface area contributed by atoms with Crippen molar-refractivity contribution in [1.29, 1.82) is 0 Å². The van der Waals surface area contributed by atoms with Gasteiger partial charge in [-0.25, -0.2) is 0 Å². The standard InChI is InChI=1S/C32H44N2O5/c1-5-6-7-8-9-10-11-12-13-17-20-25-21-27(39-34-25)30(24-18-15-14-16-19-24)32(35)33-31-28(37-3)22-26(36-2)23-29(31)38-4/h14-16,18-19,21-23,30H,5-13,17,20H2,1-4H3,(H,33,35). The Kier molecular flexibility index (Phi) is 12.7. The van der Waals surface area contributed by atoms with Crippen molar-refractivity contribution in [3.05, 3.63) is 65.5 Å². The Labute approximate surface area is 233 Å². The zero-order chi connectivity index (χ0) is 27.9. The lowest BCUT2D eigenvalue weighted by molar-refractivity contribution is -0.117. The molecule has 0 fully saturated rings. The van der Waals surface area contributed by atoms with Gasteiger partial charge in [0.25, 0.3) is 0 Å². The van der Waals surface area contributed by atoms with E-state index in [0.29, 0.717) is 28.7 Å². The van der Waals surface area contributed by atoms with E-state index >= 15 is 0 Å². The van der Waals surface area contributed by atoms with Gasteiger partial charge in [-0.15, -0.1) is 0 Å². The molecule has 1 amide bonds. The third-order valence-corrected chi connectivity index (χ3v) is 7.01. The second-order valence-corrected chi connectivity index (χ2v) is 9.89. The molecule has 7 nitrogen and oxygen atoms in total. The number of carbonyl (C=O) groups is 1. The van der Waals surface area contributed by atoms with Gasteiger partial charge in [0.15, 0.2) is 5.76 Å².